The van der Waals surface area contributed by atoms with Gasteiger partial charge < -0.3 is 31.4 Å². The third-order valence-electron chi connectivity index (χ3n) is 5.14. The minimum Gasteiger partial charge on any atom is -0.444 e. The Kier molecular flexibility index (Phi) is 8.67. The second-order valence-electron chi connectivity index (χ2n) is 9.63. The van der Waals surface area contributed by atoms with Gasteiger partial charge in [-0.05, 0) is 45.2 Å². The smallest absolute Gasteiger partial charge is 0.408 e. The van der Waals surface area contributed by atoms with Crippen LogP contribution in [0.5, 0.6) is 0 Å². The van der Waals surface area contributed by atoms with Crippen LogP contribution in [0.15, 0.2) is 30.5 Å². The Hall–Kier alpha value is -3.56. The summed E-state index contributed by atoms with van der Waals surface area (Å²) >= 11 is 0. The molecule has 0 unspecified atom stereocenters. The van der Waals surface area contributed by atoms with Crippen molar-refractivity contribution in [1.29, 1.82) is 0 Å². The van der Waals surface area contributed by atoms with E-state index in [4.69, 9.17) is 10.5 Å². The first-order valence-corrected chi connectivity index (χ1v) is 11.2. The lowest BCUT2D eigenvalue weighted by Crippen LogP contribution is -2.58. The van der Waals surface area contributed by atoms with Crippen molar-refractivity contribution in [1.82, 2.24) is 20.9 Å². The average molecular weight is 474 g/mol. The summed E-state index contributed by atoms with van der Waals surface area (Å²) in [4.78, 5) is 53.0. The average Bonchev–Trinajstić information content (AvgIpc) is 3.12. The molecule has 2 aromatic rings. The number of aromatic amines is 1. The predicted molar refractivity (Wildman–Crippen MR) is 129 cm³/mol. The third-order valence-corrected chi connectivity index (χ3v) is 5.14. The highest BCUT2D eigenvalue weighted by molar-refractivity contribution is 5.94. The molecular formula is C24H35N5O5. The van der Waals surface area contributed by atoms with E-state index in [2.05, 4.69) is 20.9 Å². The summed E-state index contributed by atoms with van der Waals surface area (Å²) in [6.45, 7) is 10.1. The van der Waals surface area contributed by atoms with Crippen LogP contribution in [-0.2, 0) is 25.5 Å². The highest BCUT2D eigenvalue weighted by Gasteiger charge is 2.31. The number of primary amides is 1. The number of H-pyrrole nitrogens is 1. The molecule has 4 amide bonds. The summed E-state index contributed by atoms with van der Waals surface area (Å²) in [5.41, 5.74) is 6.19. The number of rotatable bonds is 9. The van der Waals surface area contributed by atoms with Gasteiger partial charge in [0.25, 0.3) is 0 Å². The second-order valence-corrected chi connectivity index (χ2v) is 9.63. The van der Waals surface area contributed by atoms with Crippen LogP contribution in [0, 0.1) is 5.92 Å². The molecule has 0 aliphatic heterocycles. The van der Waals surface area contributed by atoms with E-state index < -0.39 is 47.5 Å². The molecule has 10 nitrogen and oxygen atoms in total. The molecule has 6 N–H and O–H groups in total. The fraction of sp³-hybridized carbons (Fsp3) is 0.500. The minimum absolute atomic E-state index is 0.166. The molecule has 0 spiro atoms. The van der Waals surface area contributed by atoms with Crippen molar-refractivity contribution in [2.75, 3.05) is 0 Å². The Morgan fingerprint density at radius 2 is 1.65 bits per heavy atom. The van der Waals surface area contributed by atoms with E-state index in [1.54, 1.807) is 40.8 Å². The monoisotopic (exact) mass is 473 g/mol. The molecule has 0 aliphatic carbocycles. The third kappa shape index (κ3) is 7.50. The number of aromatic nitrogens is 1. The van der Waals surface area contributed by atoms with E-state index in [1.807, 2.05) is 24.3 Å². The number of fused-ring (bicyclic) bond motifs is 1. The molecule has 186 valence electrons. The Bertz CT molecular complexity index is 1040. The van der Waals surface area contributed by atoms with Gasteiger partial charge in [-0.2, -0.15) is 0 Å². The Morgan fingerprint density at radius 3 is 2.24 bits per heavy atom. The van der Waals surface area contributed by atoms with E-state index in [9.17, 15) is 19.2 Å². The predicted octanol–water partition coefficient (Wildman–Crippen LogP) is 1.73. The highest BCUT2D eigenvalue weighted by Crippen LogP contribution is 2.19. The van der Waals surface area contributed by atoms with Gasteiger partial charge in [0, 0.05) is 23.5 Å². The van der Waals surface area contributed by atoms with Crippen LogP contribution in [0.1, 0.15) is 47.1 Å². The molecule has 0 aliphatic rings. The summed E-state index contributed by atoms with van der Waals surface area (Å²) in [5.74, 6) is -2.08. The lowest BCUT2D eigenvalue weighted by molar-refractivity contribution is -0.132. The number of hydrogen-bond donors (Lipinski definition) is 5. The molecule has 0 fully saturated rings. The summed E-state index contributed by atoms with van der Waals surface area (Å²) < 4.78 is 5.34. The highest BCUT2D eigenvalue weighted by atomic mass is 16.6. The maximum Gasteiger partial charge on any atom is 0.408 e. The molecule has 0 saturated carbocycles. The number of nitrogens with two attached hydrogens (primary N) is 1. The lowest BCUT2D eigenvalue weighted by atomic mass is 10.0. The van der Waals surface area contributed by atoms with Crippen LogP contribution < -0.4 is 21.7 Å². The second kappa shape index (κ2) is 11.0. The number of carbonyl (C=O) groups is 4. The van der Waals surface area contributed by atoms with Gasteiger partial charge in [0.05, 0.1) is 0 Å². The van der Waals surface area contributed by atoms with Crippen LogP contribution >= 0.6 is 0 Å². The Balaban J connectivity index is 2.26. The van der Waals surface area contributed by atoms with Gasteiger partial charge in [0.1, 0.15) is 23.7 Å². The summed E-state index contributed by atoms with van der Waals surface area (Å²) in [6, 6.07) is 4.75. The van der Waals surface area contributed by atoms with Gasteiger partial charge in [-0.3, -0.25) is 14.4 Å². The van der Waals surface area contributed by atoms with E-state index >= 15 is 0 Å². The van der Waals surface area contributed by atoms with Gasteiger partial charge in [-0.15, -0.1) is 0 Å². The molecule has 1 aromatic carbocycles. The molecule has 2 rings (SSSR count). The fourth-order valence-corrected chi connectivity index (χ4v) is 3.34. The van der Waals surface area contributed by atoms with Gasteiger partial charge >= 0.3 is 6.09 Å². The standard InChI is InChI=1S/C24H35N5O5/c1-13(2)19(22(32)27-14(3)20(25)30)29-21(31)18(28-23(33)34-24(4,5)6)11-15-12-26-17-10-8-7-9-16(15)17/h7-10,12-14,18-19,26H,11H2,1-6H3,(H2,25,30)(H,27,32)(H,28,33)(H,29,31)/t14-,18-,19-/m1/s1. The summed E-state index contributed by atoms with van der Waals surface area (Å²) in [5, 5.41) is 8.75. The zero-order valence-electron chi connectivity index (χ0n) is 20.5. The molecule has 1 aromatic heterocycles. The van der Waals surface area contributed by atoms with Crippen LogP contribution in [0.4, 0.5) is 4.79 Å². The molecule has 3 atom stereocenters. The zero-order valence-corrected chi connectivity index (χ0v) is 20.5. The largest absolute Gasteiger partial charge is 0.444 e. The first kappa shape index (κ1) is 26.7. The van der Waals surface area contributed by atoms with Crippen LogP contribution in [0.3, 0.4) is 0 Å². The van der Waals surface area contributed by atoms with Crippen molar-refractivity contribution >= 4 is 34.7 Å². The molecular weight excluding hydrogens is 438 g/mol. The molecule has 0 radical (unpaired) electrons. The minimum atomic E-state index is -1.02. The molecule has 34 heavy (non-hydrogen) atoms. The first-order chi connectivity index (χ1) is 15.8. The number of para-hydroxylation sites is 1. The number of nitrogens with one attached hydrogen (secondary N) is 4. The van der Waals surface area contributed by atoms with Gasteiger partial charge in [-0.1, -0.05) is 32.0 Å². The van der Waals surface area contributed by atoms with Crippen molar-refractivity contribution < 1.29 is 23.9 Å². The summed E-state index contributed by atoms with van der Waals surface area (Å²) in [7, 11) is 0. The summed E-state index contributed by atoms with van der Waals surface area (Å²) in [6.07, 6.45) is 1.20. The van der Waals surface area contributed by atoms with Crippen molar-refractivity contribution in [2.45, 2.75) is 71.7 Å². The SMILES string of the molecule is CC(C)[C@@H](NC(=O)[C@@H](Cc1c[nH]c2ccccc12)NC(=O)OC(C)(C)C)C(=O)N[C@H](C)C(N)=O. The Labute approximate surface area is 199 Å². The maximum absolute atomic E-state index is 13.3. The van der Waals surface area contributed by atoms with Crippen molar-refractivity contribution in [3.05, 3.63) is 36.0 Å². The molecule has 0 bridgehead atoms. The fourth-order valence-electron chi connectivity index (χ4n) is 3.34. The number of ether oxygens (including phenoxy) is 1. The molecule has 10 heteroatoms. The number of carbonyl (C=O) groups excluding carboxylic acids is 4. The quantitative estimate of drug-likeness (QED) is 0.375. The number of hydrogen-bond acceptors (Lipinski definition) is 5. The normalized spacial score (nSPS) is 14.2. The Morgan fingerprint density at radius 1 is 1.00 bits per heavy atom. The molecule has 0 saturated heterocycles. The van der Waals surface area contributed by atoms with E-state index in [1.165, 1.54) is 6.92 Å². The number of alkyl carbamates (subject to hydrolysis) is 1. The first-order valence-electron chi connectivity index (χ1n) is 11.2. The van der Waals surface area contributed by atoms with Crippen LogP contribution in [0.2, 0.25) is 0 Å². The van der Waals surface area contributed by atoms with Gasteiger partial charge in [0.2, 0.25) is 17.7 Å². The van der Waals surface area contributed by atoms with Gasteiger partial charge in [-0.25, -0.2) is 4.79 Å². The number of amides is 4. The number of benzene rings is 1. The maximum atomic E-state index is 13.3. The lowest BCUT2D eigenvalue weighted by Gasteiger charge is -2.27. The topological polar surface area (TPSA) is 155 Å². The van der Waals surface area contributed by atoms with E-state index in [-0.39, 0.29) is 12.3 Å². The van der Waals surface area contributed by atoms with Crippen LogP contribution in [0.25, 0.3) is 10.9 Å². The van der Waals surface area contributed by atoms with Crippen molar-refractivity contribution in [2.24, 2.45) is 11.7 Å². The van der Waals surface area contributed by atoms with Crippen LogP contribution in [-0.4, -0.2) is 52.5 Å². The molecule has 1 heterocycles. The van der Waals surface area contributed by atoms with Crippen molar-refractivity contribution in [3.63, 3.8) is 0 Å². The van der Waals surface area contributed by atoms with E-state index in [0.29, 0.717) is 0 Å². The zero-order chi connectivity index (χ0) is 25.6. The van der Waals surface area contributed by atoms with E-state index in [0.717, 1.165) is 16.5 Å². The van der Waals surface area contributed by atoms with Crippen molar-refractivity contribution in [3.8, 4) is 0 Å². The van der Waals surface area contributed by atoms with Gasteiger partial charge in [0.15, 0.2) is 0 Å².